The second-order valence-electron chi connectivity index (χ2n) is 7.65. The molecule has 4 rings (SSSR count). The van der Waals surface area contributed by atoms with Crippen LogP contribution in [0, 0.1) is 13.8 Å². The van der Waals surface area contributed by atoms with Gasteiger partial charge in [0.25, 0.3) is 0 Å². The van der Waals surface area contributed by atoms with Gasteiger partial charge in [-0.25, -0.2) is 4.68 Å². The summed E-state index contributed by atoms with van der Waals surface area (Å²) in [6, 6.07) is 14.7. The quantitative estimate of drug-likeness (QED) is 0.669. The Balaban J connectivity index is 1.41. The Morgan fingerprint density at radius 2 is 1.76 bits per heavy atom. The van der Waals surface area contributed by atoms with Gasteiger partial charge >= 0.3 is 0 Å². The van der Waals surface area contributed by atoms with Gasteiger partial charge in [-0.05, 0) is 36.8 Å². The zero-order valence-electron chi connectivity index (χ0n) is 17.4. The summed E-state index contributed by atoms with van der Waals surface area (Å²) >= 11 is 0. The van der Waals surface area contributed by atoms with Crippen LogP contribution < -0.4 is 4.74 Å². The van der Waals surface area contributed by atoms with Gasteiger partial charge < -0.3 is 9.64 Å². The first-order valence-electron chi connectivity index (χ1n) is 10.2. The number of rotatable bonds is 5. The van der Waals surface area contributed by atoms with Gasteiger partial charge in [0.2, 0.25) is 11.8 Å². The number of hydrogen-bond donors (Lipinski definition) is 0. The van der Waals surface area contributed by atoms with Gasteiger partial charge in [-0.2, -0.15) is 0 Å². The third kappa shape index (κ3) is 4.12. The molecular weight excluding hydrogens is 364 g/mol. The molecule has 3 aromatic rings. The molecule has 1 aromatic heterocycles. The van der Waals surface area contributed by atoms with Crippen molar-refractivity contribution in [3.63, 3.8) is 0 Å². The van der Waals surface area contributed by atoms with E-state index in [-0.39, 0.29) is 5.91 Å². The van der Waals surface area contributed by atoms with Gasteiger partial charge in [-0.1, -0.05) is 30.3 Å². The van der Waals surface area contributed by atoms with Crippen molar-refractivity contribution in [2.75, 3.05) is 39.3 Å². The van der Waals surface area contributed by atoms with Crippen LogP contribution in [0.15, 0.2) is 42.5 Å². The number of carbonyl (C=O) groups is 1. The Morgan fingerprint density at radius 1 is 1.03 bits per heavy atom. The van der Waals surface area contributed by atoms with E-state index in [0.717, 1.165) is 49.7 Å². The molecule has 0 radical (unpaired) electrons. The van der Waals surface area contributed by atoms with E-state index in [2.05, 4.69) is 61.2 Å². The average molecular weight is 393 g/mol. The fraction of sp³-hybridized carbons (Fsp3) is 0.391. The second kappa shape index (κ2) is 8.25. The largest absolute Gasteiger partial charge is 0.475 e. The van der Waals surface area contributed by atoms with E-state index in [1.807, 2.05) is 9.58 Å². The molecule has 29 heavy (non-hydrogen) atoms. The van der Waals surface area contributed by atoms with Crippen molar-refractivity contribution in [3.05, 3.63) is 53.7 Å². The van der Waals surface area contributed by atoms with Crippen LogP contribution in [0.2, 0.25) is 0 Å². The number of ether oxygens (including phenoxy) is 1. The van der Waals surface area contributed by atoms with E-state index in [0.29, 0.717) is 12.5 Å². The lowest BCUT2D eigenvalue weighted by Gasteiger charge is -2.33. The Kier molecular flexibility index (Phi) is 5.53. The number of aromatic nitrogens is 2. The highest BCUT2D eigenvalue weighted by molar-refractivity contribution is 5.84. The molecule has 0 spiro atoms. The monoisotopic (exact) mass is 392 g/mol. The summed E-state index contributed by atoms with van der Waals surface area (Å²) in [4.78, 5) is 15.7. The number of piperazine rings is 1. The van der Waals surface area contributed by atoms with Crippen LogP contribution in [0.3, 0.4) is 0 Å². The van der Waals surface area contributed by atoms with Crippen molar-refractivity contribution in [1.82, 2.24) is 19.6 Å². The zero-order chi connectivity index (χ0) is 20.4. The lowest BCUT2D eigenvalue weighted by atomic mass is 10.1. The molecule has 0 aliphatic carbocycles. The van der Waals surface area contributed by atoms with Gasteiger partial charge in [0.05, 0.1) is 5.69 Å². The molecule has 1 fully saturated rings. The Morgan fingerprint density at radius 3 is 2.48 bits per heavy atom. The van der Waals surface area contributed by atoms with E-state index in [1.54, 1.807) is 6.92 Å². The molecule has 6 heteroatoms. The summed E-state index contributed by atoms with van der Waals surface area (Å²) in [6.07, 6.45) is 0. The summed E-state index contributed by atoms with van der Waals surface area (Å²) in [7, 11) is 0. The van der Waals surface area contributed by atoms with E-state index < -0.39 is 0 Å². The van der Waals surface area contributed by atoms with E-state index >= 15 is 0 Å². The fourth-order valence-corrected chi connectivity index (χ4v) is 3.81. The molecule has 2 aromatic carbocycles. The summed E-state index contributed by atoms with van der Waals surface area (Å²) in [5, 5.41) is 7.15. The maximum atomic E-state index is 11.4. The number of nitrogens with zero attached hydrogens (tertiary/aromatic N) is 4. The molecule has 0 N–H and O–H groups in total. The predicted octanol–water partition coefficient (Wildman–Crippen LogP) is 3.19. The van der Waals surface area contributed by atoms with Crippen molar-refractivity contribution in [2.24, 2.45) is 0 Å². The third-order valence-electron chi connectivity index (χ3n) is 5.81. The smallest absolute Gasteiger partial charge is 0.236 e. The van der Waals surface area contributed by atoms with E-state index in [1.165, 1.54) is 10.8 Å². The van der Waals surface area contributed by atoms with Gasteiger partial charge in [0.15, 0.2) is 0 Å². The molecule has 1 aliphatic rings. The van der Waals surface area contributed by atoms with Crippen LogP contribution in [-0.2, 0) is 4.79 Å². The van der Waals surface area contributed by atoms with Crippen molar-refractivity contribution < 1.29 is 9.53 Å². The topological polar surface area (TPSA) is 50.6 Å². The first-order chi connectivity index (χ1) is 14.0. The van der Waals surface area contributed by atoms with Crippen LogP contribution in [0.1, 0.15) is 18.2 Å². The van der Waals surface area contributed by atoms with Crippen molar-refractivity contribution in [1.29, 1.82) is 0 Å². The normalized spacial score (nSPS) is 15.1. The molecule has 0 unspecified atom stereocenters. The molecule has 0 atom stereocenters. The lowest BCUT2D eigenvalue weighted by Crippen LogP contribution is -2.48. The van der Waals surface area contributed by atoms with Crippen LogP contribution in [-0.4, -0.2) is 64.8 Å². The molecule has 0 saturated carbocycles. The first kappa shape index (κ1) is 19.5. The summed E-state index contributed by atoms with van der Waals surface area (Å²) in [6.45, 7) is 10.6. The van der Waals surface area contributed by atoms with Gasteiger partial charge in [0, 0.05) is 50.9 Å². The van der Waals surface area contributed by atoms with Crippen LogP contribution in [0.5, 0.6) is 5.88 Å². The van der Waals surface area contributed by atoms with Crippen LogP contribution >= 0.6 is 0 Å². The highest BCUT2D eigenvalue weighted by atomic mass is 16.5. The SMILES string of the molecule is CC(=O)N1CCN(CCOc2nn(-c3ccc4ccccc4c3)c(C)c2C)CC1. The first-order valence-corrected chi connectivity index (χ1v) is 10.2. The van der Waals surface area contributed by atoms with Crippen molar-refractivity contribution >= 4 is 16.7 Å². The predicted molar refractivity (Wildman–Crippen MR) is 115 cm³/mol. The third-order valence-corrected chi connectivity index (χ3v) is 5.81. The van der Waals surface area contributed by atoms with Crippen molar-refractivity contribution in [3.8, 4) is 11.6 Å². The van der Waals surface area contributed by atoms with E-state index in [4.69, 9.17) is 9.84 Å². The number of amides is 1. The Labute approximate surface area is 171 Å². The molecule has 0 bridgehead atoms. The average Bonchev–Trinajstić information content (AvgIpc) is 3.02. The molecule has 1 aliphatic heterocycles. The minimum atomic E-state index is 0.159. The van der Waals surface area contributed by atoms with Gasteiger partial charge in [-0.15, -0.1) is 5.10 Å². The second-order valence-corrected chi connectivity index (χ2v) is 7.65. The minimum absolute atomic E-state index is 0.159. The number of benzene rings is 2. The fourth-order valence-electron chi connectivity index (χ4n) is 3.81. The minimum Gasteiger partial charge on any atom is -0.475 e. The zero-order valence-corrected chi connectivity index (χ0v) is 17.4. The molecule has 1 amide bonds. The van der Waals surface area contributed by atoms with E-state index in [9.17, 15) is 4.79 Å². The maximum absolute atomic E-state index is 11.4. The number of carbonyl (C=O) groups excluding carboxylic acids is 1. The standard InChI is InChI=1S/C23H28N4O2/c1-17-18(2)27(22-9-8-20-6-4-5-7-21(20)16-22)24-23(17)29-15-14-25-10-12-26(13-11-25)19(3)28/h4-9,16H,10-15H2,1-3H3. The summed E-state index contributed by atoms with van der Waals surface area (Å²) in [5.74, 6) is 0.851. The Bertz CT molecular complexity index is 1020. The van der Waals surface area contributed by atoms with Gasteiger partial charge in [-0.3, -0.25) is 9.69 Å². The highest BCUT2D eigenvalue weighted by Crippen LogP contribution is 2.25. The number of hydrogen-bond acceptors (Lipinski definition) is 4. The lowest BCUT2D eigenvalue weighted by molar-refractivity contribution is -0.130. The van der Waals surface area contributed by atoms with Crippen LogP contribution in [0.4, 0.5) is 0 Å². The van der Waals surface area contributed by atoms with Crippen molar-refractivity contribution in [2.45, 2.75) is 20.8 Å². The molecule has 6 nitrogen and oxygen atoms in total. The van der Waals surface area contributed by atoms with Crippen LogP contribution in [0.25, 0.3) is 16.5 Å². The summed E-state index contributed by atoms with van der Waals surface area (Å²) in [5.41, 5.74) is 3.20. The molecule has 1 saturated heterocycles. The number of fused-ring (bicyclic) bond motifs is 1. The molecular formula is C23H28N4O2. The molecule has 2 heterocycles. The Hall–Kier alpha value is -2.86. The van der Waals surface area contributed by atoms with Gasteiger partial charge in [0.1, 0.15) is 6.61 Å². The molecule has 152 valence electrons. The summed E-state index contributed by atoms with van der Waals surface area (Å²) < 4.78 is 7.99. The maximum Gasteiger partial charge on any atom is 0.236 e. The highest BCUT2D eigenvalue weighted by Gasteiger charge is 2.19.